The predicted molar refractivity (Wildman–Crippen MR) is 79.4 cm³/mol. The first kappa shape index (κ1) is 12.2. The number of H-pyrrole nitrogens is 1. The highest BCUT2D eigenvalue weighted by Gasteiger charge is 2.02. The van der Waals surface area contributed by atoms with Crippen LogP contribution in [0.15, 0.2) is 48.8 Å². The van der Waals surface area contributed by atoms with E-state index < -0.39 is 0 Å². The smallest absolute Gasteiger partial charge is 0.140 e. The van der Waals surface area contributed by atoms with Gasteiger partial charge in [-0.2, -0.15) is 5.26 Å². The van der Waals surface area contributed by atoms with Crippen LogP contribution >= 0.6 is 0 Å². The van der Waals surface area contributed by atoms with Gasteiger partial charge >= 0.3 is 0 Å². The van der Waals surface area contributed by atoms with Crippen LogP contribution in [-0.4, -0.2) is 16.5 Å². The fourth-order valence-electron chi connectivity index (χ4n) is 2.24. The summed E-state index contributed by atoms with van der Waals surface area (Å²) < 4.78 is 0. The zero-order valence-corrected chi connectivity index (χ0v) is 10.9. The highest BCUT2D eigenvalue weighted by atomic mass is 14.9. The van der Waals surface area contributed by atoms with E-state index in [1.165, 1.54) is 16.5 Å². The molecule has 0 amide bonds. The van der Waals surface area contributed by atoms with E-state index in [0.717, 1.165) is 18.7 Å². The molecule has 20 heavy (non-hydrogen) atoms. The van der Waals surface area contributed by atoms with Crippen molar-refractivity contribution in [3.05, 3.63) is 60.0 Å². The second-order valence-electron chi connectivity index (χ2n) is 4.58. The highest BCUT2D eigenvalue weighted by molar-refractivity contribution is 5.83. The molecule has 2 aromatic heterocycles. The van der Waals surface area contributed by atoms with E-state index in [1.807, 2.05) is 18.2 Å². The molecule has 0 aliphatic rings. The van der Waals surface area contributed by atoms with Crippen LogP contribution in [0.1, 0.15) is 11.3 Å². The minimum atomic E-state index is 0.437. The number of hydrogen-bond donors (Lipinski definition) is 2. The SMILES string of the molecule is N#Cc1ccc(NCCc2c[nH]c3ccccc23)cn1. The third-order valence-electron chi connectivity index (χ3n) is 3.28. The summed E-state index contributed by atoms with van der Waals surface area (Å²) >= 11 is 0. The van der Waals surface area contributed by atoms with Crippen LogP contribution < -0.4 is 5.32 Å². The van der Waals surface area contributed by atoms with Crippen molar-refractivity contribution in [1.29, 1.82) is 5.26 Å². The molecule has 0 atom stereocenters. The van der Waals surface area contributed by atoms with Crippen molar-refractivity contribution in [3.8, 4) is 6.07 Å². The van der Waals surface area contributed by atoms with Gasteiger partial charge < -0.3 is 10.3 Å². The van der Waals surface area contributed by atoms with Crippen molar-refractivity contribution in [1.82, 2.24) is 9.97 Å². The normalized spacial score (nSPS) is 10.3. The summed E-state index contributed by atoms with van der Waals surface area (Å²) in [6, 6.07) is 13.9. The lowest BCUT2D eigenvalue weighted by molar-refractivity contribution is 1.02. The molecule has 2 N–H and O–H groups in total. The molecule has 0 bridgehead atoms. The van der Waals surface area contributed by atoms with Crippen LogP contribution in [0.25, 0.3) is 10.9 Å². The summed E-state index contributed by atoms with van der Waals surface area (Å²) in [6.45, 7) is 0.829. The Hall–Kier alpha value is -2.80. The largest absolute Gasteiger partial charge is 0.383 e. The van der Waals surface area contributed by atoms with E-state index in [4.69, 9.17) is 5.26 Å². The Morgan fingerprint density at radius 3 is 2.90 bits per heavy atom. The molecule has 0 saturated heterocycles. The first-order valence-corrected chi connectivity index (χ1v) is 6.52. The Morgan fingerprint density at radius 2 is 2.10 bits per heavy atom. The number of benzene rings is 1. The molecular weight excluding hydrogens is 248 g/mol. The first-order valence-electron chi connectivity index (χ1n) is 6.52. The van der Waals surface area contributed by atoms with Gasteiger partial charge in [-0.05, 0) is 30.2 Å². The number of para-hydroxylation sites is 1. The maximum Gasteiger partial charge on any atom is 0.140 e. The van der Waals surface area contributed by atoms with Gasteiger partial charge in [0.25, 0.3) is 0 Å². The summed E-state index contributed by atoms with van der Waals surface area (Å²) in [6.07, 6.45) is 4.68. The van der Waals surface area contributed by atoms with Crippen LogP contribution in [0.4, 0.5) is 5.69 Å². The minimum Gasteiger partial charge on any atom is -0.383 e. The Labute approximate surface area is 117 Å². The van der Waals surface area contributed by atoms with Crippen molar-refractivity contribution in [2.24, 2.45) is 0 Å². The van der Waals surface area contributed by atoms with Gasteiger partial charge in [0, 0.05) is 23.6 Å². The number of pyridine rings is 1. The fraction of sp³-hybridized carbons (Fsp3) is 0.125. The maximum absolute atomic E-state index is 8.69. The molecule has 1 aromatic carbocycles. The third-order valence-corrected chi connectivity index (χ3v) is 3.28. The van der Waals surface area contributed by atoms with Crippen molar-refractivity contribution in [3.63, 3.8) is 0 Å². The lowest BCUT2D eigenvalue weighted by atomic mass is 10.1. The van der Waals surface area contributed by atoms with E-state index >= 15 is 0 Å². The van der Waals surface area contributed by atoms with Crippen molar-refractivity contribution < 1.29 is 0 Å². The lowest BCUT2D eigenvalue weighted by Crippen LogP contribution is -2.04. The van der Waals surface area contributed by atoms with Crippen LogP contribution in [0.3, 0.4) is 0 Å². The number of fused-ring (bicyclic) bond motifs is 1. The summed E-state index contributed by atoms with van der Waals surface area (Å²) in [7, 11) is 0. The molecule has 0 fully saturated rings. The average molecular weight is 262 g/mol. The Morgan fingerprint density at radius 1 is 1.20 bits per heavy atom. The van der Waals surface area contributed by atoms with Crippen LogP contribution in [0.5, 0.6) is 0 Å². The molecule has 0 aliphatic heterocycles. The van der Waals surface area contributed by atoms with Gasteiger partial charge in [0.2, 0.25) is 0 Å². The highest BCUT2D eigenvalue weighted by Crippen LogP contribution is 2.18. The molecule has 0 spiro atoms. The molecule has 0 radical (unpaired) electrons. The number of aromatic amines is 1. The van der Waals surface area contributed by atoms with E-state index in [1.54, 1.807) is 12.3 Å². The molecule has 3 rings (SSSR count). The second kappa shape index (κ2) is 5.45. The fourth-order valence-corrected chi connectivity index (χ4v) is 2.24. The zero-order valence-electron chi connectivity index (χ0n) is 10.9. The average Bonchev–Trinajstić information content (AvgIpc) is 2.92. The van der Waals surface area contributed by atoms with Gasteiger partial charge in [-0.3, -0.25) is 0 Å². The maximum atomic E-state index is 8.69. The summed E-state index contributed by atoms with van der Waals surface area (Å²) in [4.78, 5) is 7.31. The molecule has 0 aliphatic carbocycles. The topological polar surface area (TPSA) is 64.5 Å². The van der Waals surface area contributed by atoms with Gasteiger partial charge in [-0.15, -0.1) is 0 Å². The van der Waals surface area contributed by atoms with E-state index in [0.29, 0.717) is 5.69 Å². The van der Waals surface area contributed by atoms with Crippen molar-refractivity contribution in [2.45, 2.75) is 6.42 Å². The molecule has 0 saturated carbocycles. The van der Waals surface area contributed by atoms with Gasteiger partial charge in [-0.1, -0.05) is 18.2 Å². The quantitative estimate of drug-likeness (QED) is 0.759. The van der Waals surface area contributed by atoms with Crippen molar-refractivity contribution in [2.75, 3.05) is 11.9 Å². The Bertz CT molecular complexity index is 750. The van der Waals surface area contributed by atoms with E-state index in [2.05, 4.69) is 39.7 Å². The van der Waals surface area contributed by atoms with Gasteiger partial charge in [-0.25, -0.2) is 4.98 Å². The summed E-state index contributed by atoms with van der Waals surface area (Å²) in [5.74, 6) is 0. The number of rotatable bonds is 4. The van der Waals surface area contributed by atoms with Crippen molar-refractivity contribution >= 4 is 16.6 Å². The minimum absolute atomic E-state index is 0.437. The monoisotopic (exact) mass is 262 g/mol. The first-order chi connectivity index (χ1) is 9.86. The molecule has 3 aromatic rings. The molecule has 4 nitrogen and oxygen atoms in total. The van der Waals surface area contributed by atoms with Gasteiger partial charge in [0.05, 0.1) is 11.9 Å². The number of nitrogens with zero attached hydrogens (tertiary/aromatic N) is 2. The van der Waals surface area contributed by atoms with Gasteiger partial charge in [0.1, 0.15) is 11.8 Å². The summed E-state index contributed by atoms with van der Waals surface area (Å²) in [5.41, 5.74) is 3.84. The molecule has 4 heteroatoms. The molecule has 0 unspecified atom stereocenters. The molecule has 98 valence electrons. The predicted octanol–water partition coefficient (Wildman–Crippen LogP) is 3.09. The standard InChI is InChI=1S/C16H14N4/c17-9-13-5-6-14(11-19-13)18-8-7-12-10-20-16-4-2-1-3-15(12)16/h1-6,10-11,18,20H,7-8H2. The lowest BCUT2D eigenvalue weighted by Gasteiger charge is -2.05. The number of anilines is 1. The van der Waals surface area contributed by atoms with Crippen LogP contribution in [0.2, 0.25) is 0 Å². The van der Waals surface area contributed by atoms with Gasteiger partial charge in [0.15, 0.2) is 0 Å². The van der Waals surface area contributed by atoms with Crippen LogP contribution in [-0.2, 0) is 6.42 Å². The second-order valence-corrected chi connectivity index (χ2v) is 4.58. The van der Waals surface area contributed by atoms with Crippen LogP contribution in [0, 0.1) is 11.3 Å². The number of nitrogens with one attached hydrogen (secondary N) is 2. The third kappa shape index (κ3) is 2.47. The van der Waals surface area contributed by atoms with E-state index in [-0.39, 0.29) is 0 Å². The Balaban J connectivity index is 1.63. The Kier molecular flexibility index (Phi) is 3.34. The number of aromatic nitrogens is 2. The molecular formula is C16H14N4. The van der Waals surface area contributed by atoms with E-state index in [9.17, 15) is 0 Å². The summed E-state index contributed by atoms with van der Waals surface area (Å²) in [5, 5.41) is 13.3. The number of hydrogen-bond acceptors (Lipinski definition) is 3. The number of nitriles is 1. The zero-order chi connectivity index (χ0) is 13.8. The molecule has 2 heterocycles.